The van der Waals surface area contributed by atoms with E-state index in [1.165, 1.54) is 18.2 Å². The summed E-state index contributed by atoms with van der Waals surface area (Å²) in [5.41, 5.74) is 3.41. The van der Waals surface area contributed by atoms with E-state index in [0.29, 0.717) is 18.0 Å². The van der Waals surface area contributed by atoms with Crippen molar-refractivity contribution < 1.29 is 17.9 Å². The molecule has 0 radical (unpaired) electrons. The summed E-state index contributed by atoms with van der Waals surface area (Å²) in [6.07, 6.45) is 0.713. The molecule has 0 aromatic heterocycles. The summed E-state index contributed by atoms with van der Waals surface area (Å²) in [5, 5.41) is 3.08. The molecular formula is C27H31ClN2O4S. The number of rotatable bonds is 9. The van der Waals surface area contributed by atoms with Crippen LogP contribution in [0.15, 0.2) is 65.6 Å². The Labute approximate surface area is 212 Å². The average molecular weight is 515 g/mol. The van der Waals surface area contributed by atoms with Gasteiger partial charge in [-0.25, -0.2) is 8.42 Å². The molecule has 0 aliphatic rings. The number of hydrogen-bond acceptors (Lipinski definition) is 4. The quantitative estimate of drug-likeness (QED) is 0.351. The number of anilines is 1. The number of methoxy groups -OCH3 is 1. The summed E-state index contributed by atoms with van der Waals surface area (Å²) >= 11 is 6.25. The maximum Gasteiger partial charge on any atom is 0.263 e. The Morgan fingerprint density at radius 1 is 1.00 bits per heavy atom. The van der Waals surface area contributed by atoms with Crippen molar-refractivity contribution in [3.8, 4) is 5.75 Å². The topological polar surface area (TPSA) is 84.5 Å². The van der Waals surface area contributed by atoms with Crippen LogP contribution in [-0.2, 0) is 10.0 Å². The van der Waals surface area contributed by atoms with Crippen molar-refractivity contribution in [3.63, 3.8) is 0 Å². The van der Waals surface area contributed by atoms with Crippen molar-refractivity contribution in [2.75, 3.05) is 11.8 Å². The Balaban J connectivity index is 1.88. The van der Waals surface area contributed by atoms with Gasteiger partial charge in [0.15, 0.2) is 0 Å². The first-order chi connectivity index (χ1) is 16.5. The average Bonchev–Trinajstić information content (AvgIpc) is 2.80. The number of sulfonamides is 1. The molecule has 0 spiro atoms. The van der Waals surface area contributed by atoms with E-state index >= 15 is 0 Å². The van der Waals surface area contributed by atoms with E-state index in [0.717, 1.165) is 22.4 Å². The molecule has 0 fully saturated rings. The lowest BCUT2D eigenvalue weighted by Gasteiger charge is -2.22. The monoisotopic (exact) mass is 514 g/mol. The van der Waals surface area contributed by atoms with Crippen molar-refractivity contribution in [1.82, 2.24) is 5.32 Å². The van der Waals surface area contributed by atoms with Gasteiger partial charge in [0.1, 0.15) is 10.6 Å². The van der Waals surface area contributed by atoms with Gasteiger partial charge in [0.05, 0.1) is 23.9 Å². The molecule has 1 atom stereocenters. The molecule has 3 rings (SSSR count). The smallest absolute Gasteiger partial charge is 0.263 e. The van der Waals surface area contributed by atoms with Crippen molar-refractivity contribution in [3.05, 3.63) is 87.9 Å². The minimum absolute atomic E-state index is 0.0349. The Bertz CT molecular complexity index is 1310. The highest BCUT2D eigenvalue weighted by atomic mass is 35.5. The third-order valence-electron chi connectivity index (χ3n) is 5.64. The SMILES string of the molecule is COc1ccc(C(CC(C)C)NC(=O)c2ccc(Cl)c(S(=O)(=O)Nc3ccc(C)cc3C)c2)cc1. The summed E-state index contributed by atoms with van der Waals surface area (Å²) in [7, 11) is -2.42. The van der Waals surface area contributed by atoms with Crippen molar-refractivity contribution >= 4 is 33.2 Å². The number of hydrogen-bond donors (Lipinski definition) is 2. The normalized spacial score (nSPS) is 12.3. The molecule has 1 unspecified atom stereocenters. The molecule has 1 amide bonds. The number of ether oxygens (including phenoxy) is 1. The Morgan fingerprint density at radius 2 is 1.69 bits per heavy atom. The molecule has 0 aliphatic carbocycles. The van der Waals surface area contributed by atoms with Crippen molar-refractivity contribution in [2.45, 2.75) is 45.1 Å². The van der Waals surface area contributed by atoms with Crippen LogP contribution in [0, 0.1) is 19.8 Å². The standard InChI is InChI=1S/C27H31ClN2O4S/c1-17(2)14-25(20-7-10-22(34-5)11-8-20)29-27(31)21-9-12-23(28)26(16-21)35(32,33)30-24-13-6-18(3)15-19(24)4/h6-13,15-17,25,30H,14H2,1-5H3,(H,29,31). The van der Waals surface area contributed by atoms with Gasteiger partial charge in [-0.2, -0.15) is 0 Å². The van der Waals surface area contributed by atoms with Crippen LogP contribution in [0.4, 0.5) is 5.69 Å². The summed E-state index contributed by atoms with van der Waals surface area (Å²) in [5.74, 6) is 0.670. The van der Waals surface area contributed by atoms with Crippen LogP contribution in [0.25, 0.3) is 0 Å². The molecule has 6 nitrogen and oxygen atoms in total. The number of carbonyl (C=O) groups is 1. The first-order valence-electron chi connectivity index (χ1n) is 11.3. The number of carbonyl (C=O) groups excluding carboxylic acids is 1. The van der Waals surface area contributed by atoms with E-state index in [9.17, 15) is 13.2 Å². The largest absolute Gasteiger partial charge is 0.497 e. The first kappa shape index (κ1) is 26.6. The lowest BCUT2D eigenvalue weighted by molar-refractivity contribution is 0.0931. The minimum atomic E-state index is -4.02. The molecule has 0 aliphatic heterocycles. The maximum atomic E-state index is 13.2. The van der Waals surface area contributed by atoms with Crippen LogP contribution < -0.4 is 14.8 Å². The van der Waals surface area contributed by atoms with Crippen LogP contribution in [-0.4, -0.2) is 21.4 Å². The van der Waals surface area contributed by atoms with Gasteiger partial charge in [0.25, 0.3) is 15.9 Å². The van der Waals surface area contributed by atoms with Gasteiger partial charge >= 0.3 is 0 Å². The van der Waals surface area contributed by atoms with Crippen LogP contribution in [0.1, 0.15) is 53.4 Å². The molecule has 35 heavy (non-hydrogen) atoms. The van der Waals surface area contributed by atoms with E-state index in [1.54, 1.807) is 13.2 Å². The van der Waals surface area contributed by atoms with Gasteiger partial charge in [-0.3, -0.25) is 9.52 Å². The van der Waals surface area contributed by atoms with Gasteiger partial charge in [0, 0.05) is 5.56 Å². The van der Waals surface area contributed by atoms with Crippen LogP contribution >= 0.6 is 11.6 Å². The number of aryl methyl sites for hydroxylation is 2. The molecule has 0 bridgehead atoms. The van der Waals surface area contributed by atoms with Gasteiger partial charge in [-0.15, -0.1) is 0 Å². The molecule has 3 aromatic carbocycles. The van der Waals surface area contributed by atoms with E-state index in [2.05, 4.69) is 23.9 Å². The van der Waals surface area contributed by atoms with Gasteiger partial charge in [0.2, 0.25) is 0 Å². The number of benzene rings is 3. The van der Waals surface area contributed by atoms with E-state index in [-0.39, 0.29) is 27.4 Å². The summed E-state index contributed by atoms with van der Waals surface area (Å²) in [4.78, 5) is 13.0. The van der Waals surface area contributed by atoms with Crippen LogP contribution in [0.5, 0.6) is 5.75 Å². The van der Waals surface area contributed by atoms with E-state index in [1.807, 2.05) is 50.2 Å². The zero-order valence-corrected chi connectivity index (χ0v) is 22.1. The zero-order valence-electron chi connectivity index (χ0n) is 20.6. The third-order valence-corrected chi connectivity index (χ3v) is 7.49. The van der Waals surface area contributed by atoms with Crippen molar-refractivity contribution in [1.29, 1.82) is 0 Å². The fraction of sp³-hybridized carbons (Fsp3) is 0.296. The highest BCUT2D eigenvalue weighted by Crippen LogP contribution is 2.28. The van der Waals surface area contributed by atoms with Gasteiger partial charge in [-0.1, -0.05) is 55.3 Å². The minimum Gasteiger partial charge on any atom is -0.497 e. The Hall–Kier alpha value is -3.03. The fourth-order valence-corrected chi connectivity index (χ4v) is 5.46. The molecule has 3 aromatic rings. The summed E-state index contributed by atoms with van der Waals surface area (Å²) < 4.78 is 34.1. The molecule has 8 heteroatoms. The zero-order chi connectivity index (χ0) is 25.8. The number of amides is 1. The second-order valence-electron chi connectivity index (χ2n) is 9.00. The lowest BCUT2D eigenvalue weighted by atomic mass is 9.96. The summed E-state index contributed by atoms with van der Waals surface area (Å²) in [6, 6.07) is 16.9. The van der Waals surface area contributed by atoms with E-state index < -0.39 is 10.0 Å². The fourth-order valence-electron chi connectivity index (χ4n) is 3.81. The van der Waals surface area contributed by atoms with Gasteiger partial charge in [-0.05, 0) is 73.7 Å². The van der Waals surface area contributed by atoms with Gasteiger partial charge < -0.3 is 10.1 Å². The summed E-state index contributed by atoms with van der Waals surface area (Å²) in [6.45, 7) is 7.91. The molecule has 0 saturated carbocycles. The molecule has 0 heterocycles. The Kier molecular flexibility index (Phi) is 8.46. The van der Waals surface area contributed by atoms with Crippen LogP contribution in [0.2, 0.25) is 5.02 Å². The number of nitrogens with one attached hydrogen (secondary N) is 2. The van der Waals surface area contributed by atoms with Crippen molar-refractivity contribution in [2.24, 2.45) is 5.92 Å². The molecule has 0 saturated heterocycles. The first-order valence-corrected chi connectivity index (χ1v) is 13.2. The molecular weight excluding hydrogens is 484 g/mol. The van der Waals surface area contributed by atoms with Crippen LogP contribution in [0.3, 0.4) is 0 Å². The second-order valence-corrected chi connectivity index (χ2v) is 11.1. The maximum absolute atomic E-state index is 13.2. The predicted octanol–water partition coefficient (Wildman–Crippen LogP) is 6.28. The highest BCUT2D eigenvalue weighted by Gasteiger charge is 2.23. The molecule has 186 valence electrons. The highest BCUT2D eigenvalue weighted by molar-refractivity contribution is 7.92. The third kappa shape index (κ3) is 6.77. The Morgan fingerprint density at radius 3 is 2.29 bits per heavy atom. The predicted molar refractivity (Wildman–Crippen MR) is 141 cm³/mol. The lowest BCUT2D eigenvalue weighted by Crippen LogP contribution is -2.29. The molecule has 2 N–H and O–H groups in total. The second kappa shape index (κ2) is 11.1. The van der Waals surface area contributed by atoms with E-state index in [4.69, 9.17) is 16.3 Å². The number of halogens is 1.